The van der Waals surface area contributed by atoms with Gasteiger partial charge in [0.05, 0.1) is 16.6 Å². The molecule has 5 aromatic rings. The maximum atomic E-state index is 13.9. The van der Waals surface area contributed by atoms with Crippen molar-refractivity contribution >= 4 is 74.6 Å². The van der Waals surface area contributed by atoms with Crippen molar-refractivity contribution < 1.29 is 14.4 Å². The number of nitrogens with zero attached hydrogens (tertiary/aromatic N) is 3. The Morgan fingerprint density at radius 3 is 2.48 bits per heavy atom. The fraction of sp³-hybridized carbons (Fsp3) is 0.129. The number of imide groups is 1. The molecule has 208 valence electrons. The summed E-state index contributed by atoms with van der Waals surface area (Å²) in [6, 6.07) is 23.6. The molecule has 42 heavy (non-hydrogen) atoms. The second-order valence-electron chi connectivity index (χ2n) is 10.1. The zero-order valence-corrected chi connectivity index (χ0v) is 24.2. The molecule has 1 fully saturated rings. The number of aromatic nitrogens is 2. The van der Waals surface area contributed by atoms with E-state index in [9.17, 15) is 19.2 Å². The lowest BCUT2D eigenvalue weighted by Crippen LogP contribution is -2.33. The van der Waals surface area contributed by atoms with Gasteiger partial charge in [-0.05, 0) is 58.8 Å². The van der Waals surface area contributed by atoms with Crippen LogP contribution >= 0.6 is 34.7 Å². The first-order chi connectivity index (χ1) is 20.4. The van der Waals surface area contributed by atoms with E-state index in [1.165, 1.54) is 21.2 Å². The monoisotopic (exact) mass is 612 g/mol. The van der Waals surface area contributed by atoms with Crippen LogP contribution in [-0.2, 0) is 20.9 Å². The number of thioether (sulfide) groups is 1. The first-order valence-corrected chi connectivity index (χ1v) is 15.2. The molecule has 0 radical (unpaired) electrons. The lowest BCUT2D eigenvalue weighted by Gasteiger charge is -2.30. The van der Waals surface area contributed by atoms with Gasteiger partial charge in [0.1, 0.15) is 11.8 Å². The van der Waals surface area contributed by atoms with Gasteiger partial charge >= 0.3 is 4.87 Å². The minimum atomic E-state index is -0.783. The van der Waals surface area contributed by atoms with Crippen LogP contribution in [0.4, 0.5) is 11.4 Å². The third-order valence-electron chi connectivity index (χ3n) is 7.51. The second-order valence-corrected chi connectivity index (χ2v) is 12.6. The summed E-state index contributed by atoms with van der Waals surface area (Å²) in [6.45, 7) is -0.231. The lowest BCUT2D eigenvalue weighted by molar-refractivity contribution is -0.122. The number of thiazole rings is 1. The number of nitrogens with one attached hydrogen (secondary N) is 1. The van der Waals surface area contributed by atoms with E-state index in [1.807, 2.05) is 48.5 Å². The quantitative estimate of drug-likeness (QED) is 0.261. The van der Waals surface area contributed by atoms with Crippen LogP contribution in [0.1, 0.15) is 16.4 Å². The van der Waals surface area contributed by atoms with Gasteiger partial charge in [-0.1, -0.05) is 71.1 Å². The van der Waals surface area contributed by atoms with Crippen LogP contribution < -0.4 is 15.1 Å². The van der Waals surface area contributed by atoms with Gasteiger partial charge in [0.15, 0.2) is 0 Å². The average Bonchev–Trinajstić information content (AvgIpc) is 3.44. The molecule has 4 heterocycles. The molecule has 3 amide bonds. The Hall–Kier alpha value is -4.25. The zero-order chi connectivity index (χ0) is 29.0. The van der Waals surface area contributed by atoms with Crippen LogP contribution in [0.15, 0.2) is 101 Å². The molecule has 0 spiro atoms. The second kappa shape index (κ2) is 10.5. The van der Waals surface area contributed by atoms with Crippen LogP contribution in [0.25, 0.3) is 10.8 Å². The topological polar surface area (TPSA) is 101 Å². The van der Waals surface area contributed by atoms with Crippen LogP contribution in [0.3, 0.4) is 0 Å². The predicted octanol–water partition coefficient (Wildman–Crippen LogP) is 5.55. The average molecular weight is 613 g/mol. The molecule has 3 unspecified atom stereocenters. The van der Waals surface area contributed by atoms with E-state index in [4.69, 9.17) is 11.6 Å². The number of amides is 3. The first-order valence-electron chi connectivity index (χ1n) is 13.1. The predicted molar refractivity (Wildman–Crippen MR) is 164 cm³/mol. The Labute approximate surface area is 252 Å². The van der Waals surface area contributed by atoms with Crippen LogP contribution in [-0.4, -0.2) is 32.5 Å². The molecule has 0 bridgehead atoms. The van der Waals surface area contributed by atoms with E-state index < -0.39 is 17.1 Å². The summed E-state index contributed by atoms with van der Waals surface area (Å²) in [5, 5.41) is 5.15. The van der Waals surface area contributed by atoms with Gasteiger partial charge in [-0.3, -0.25) is 28.7 Å². The van der Waals surface area contributed by atoms with Crippen molar-refractivity contribution in [2.45, 2.75) is 22.7 Å². The minimum Gasteiger partial charge on any atom is -0.325 e. The number of pyridine rings is 1. The summed E-state index contributed by atoms with van der Waals surface area (Å²) >= 11 is 8.22. The highest BCUT2D eigenvalue weighted by Crippen LogP contribution is 2.53. The smallest absolute Gasteiger partial charge is 0.308 e. The number of rotatable bonds is 5. The van der Waals surface area contributed by atoms with E-state index in [2.05, 4.69) is 10.3 Å². The largest absolute Gasteiger partial charge is 0.325 e. The van der Waals surface area contributed by atoms with Crippen molar-refractivity contribution in [1.82, 2.24) is 9.55 Å². The number of halogens is 1. The van der Waals surface area contributed by atoms with Crippen molar-refractivity contribution in [3.8, 4) is 0 Å². The Bertz CT molecular complexity index is 1940. The van der Waals surface area contributed by atoms with Crippen molar-refractivity contribution in [2.75, 3.05) is 10.2 Å². The molecule has 3 atom stereocenters. The van der Waals surface area contributed by atoms with Crippen molar-refractivity contribution in [1.29, 1.82) is 0 Å². The highest BCUT2D eigenvalue weighted by Gasteiger charge is 2.56. The SMILES string of the molecule is O=C(Cn1c2c(sc1=O)C(c1cccnc1)C1C(=O)N(c3ccc(Cl)cc3)C(=O)C1S2)Nc1ccc2ccccc2c1. The van der Waals surface area contributed by atoms with Gasteiger partial charge in [-0.25, -0.2) is 4.90 Å². The fourth-order valence-corrected chi connectivity index (χ4v) is 8.53. The first kappa shape index (κ1) is 26.6. The Morgan fingerprint density at radius 2 is 1.71 bits per heavy atom. The summed E-state index contributed by atoms with van der Waals surface area (Å²) in [5.74, 6) is -2.40. The summed E-state index contributed by atoms with van der Waals surface area (Å²) in [4.78, 5) is 60.0. The van der Waals surface area contributed by atoms with Crippen molar-refractivity contribution in [2.24, 2.45) is 5.92 Å². The maximum Gasteiger partial charge on any atom is 0.308 e. The zero-order valence-electron chi connectivity index (χ0n) is 21.8. The Kier molecular flexibility index (Phi) is 6.69. The van der Waals surface area contributed by atoms with Crippen LogP contribution in [0.5, 0.6) is 0 Å². The summed E-state index contributed by atoms with van der Waals surface area (Å²) in [6.07, 6.45) is 3.29. The number of hydrogen-bond donors (Lipinski definition) is 1. The van der Waals surface area contributed by atoms with Crippen LogP contribution in [0, 0.1) is 5.92 Å². The Morgan fingerprint density at radius 1 is 0.929 bits per heavy atom. The molecule has 7 rings (SSSR count). The molecule has 11 heteroatoms. The lowest BCUT2D eigenvalue weighted by atomic mass is 9.84. The molecule has 1 N–H and O–H groups in total. The molecule has 0 saturated carbocycles. The van der Waals surface area contributed by atoms with E-state index in [1.54, 1.807) is 42.7 Å². The number of fused-ring (bicyclic) bond motifs is 3. The van der Waals surface area contributed by atoms with E-state index in [-0.39, 0.29) is 29.1 Å². The van der Waals surface area contributed by atoms with E-state index >= 15 is 0 Å². The number of anilines is 2. The summed E-state index contributed by atoms with van der Waals surface area (Å²) in [7, 11) is 0. The molecular formula is C31H21ClN4O4S2. The van der Waals surface area contributed by atoms with Gasteiger partial charge in [0, 0.05) is 33.9 Å². The van der Waals surface area contributed by atoms with Gasteiger partial charge in [-0.15, -0.1) is 0 Å². The van der Waals surface area contributed by atoms with Crippen molar-refractivity contribution in [3.05, 3.63) is 116 Å². The molecular weight excluding hydrogens is 592 g/mol. The number of benzene rings is 3. The van der Waals surface area contributed by atoms with Gasteiger partial charge in [0.25, 0.3) is 0 Å². The highest BCUT2D eigenvalue weighted by atomic mass is 35.5. The molecule has 0 aliphatic carbocycles. The highest BCUT2D eigenvalue weighted by molar-refractivity contribution is 8.00. The molecule has 2 aliphatic heterocycles. The third kappa shape index (κ3) is 4.52. The number of carbonyl (C=O) groups excluding carboxylic acids is 3. The van der Waals surface area contributed by atoms with E-state index in [0.29, 0.717) is 26.3 Å². The Balaban J connectivity index is 1.25. The molecule has 2 aromatic heterocycles. The normalized spacial score (nSPS) is 19.5. The third-order valence-corrected chi connectivity index (χ3v) is 10.4. The van der Waals surface area contributed by atoms with Crippen molar-refractivity contribution in [3.63, 3.8) is 0 Å². The molecule has 2 aliphatic rings. The molecule has 3 aromatic carbocycles. The molecule has 1 saturated heterocycles. The van der Waals surface area contributed by atoms with Gasteiger partial charge in [-0.2, -0.15) is 0 Å². The number of hydrogen-bond acceptors (Lipinski definition) is 7. The van der Waals surface area contributed by atoms with E-state index in [0.717, 1.165) is 27.7 Å². The van der Waals surface area contributed by atoms with Gasteiger partial charge < -0.3 is 5.32 Å². The minimum absolute atomic E-state index is 0.231. The van der Waals surface area contributed by atoms with Crippen LogP contribution in [0.2, 0.25) is 5.02 Å². The van der Waals surface area contributed by atoms with Gasteiger partial charge in [0.2, 0.25) is 17.7 Å². The number of carbonyl (C=O) groups is 3. The summed E-state index contributed by atoms with van der Waals surface area (Å²) in [5.41, 5.74) is 1.78. The maximum absolute atomic E-state index is 13.9. The molecule has 8 nitrogen and oxygen atoms in total. The summed E-state index contributed by atoms with van der Waals surface area (Å²) < 4.78 is 1.41. The fourth-order valence-electron chi connectivity index (χ4n) is 5.63. The standard InChI is InChI=1S/C31H21ClN4O4S2/c32-20-8-11-22(12-9-20)36-28(38)25-24(19-6-3-13-33-15-19)27-30(41-26(25)29(36)39)35(31(40)42-27)16-23(37)34-21-10-7-17-4-1-2-5-18(17)14-21/h1-15,24-26H,16H2,(H,34,37).